The molecule has 0 saturated carbocycles. The predicted octanol–water partition coefficient (Wildman–Crippen LogP) is 4.86. The van der Waals surface area contributed by atoms with Gasteiger partial charge in [0.15, 0.2) is 0 Å². The maximum Gasteiger partial charge on any atom is 0.224 e. The number of benzene rings is 1. The summed E-state index contributed by atoms with van der Waals surface area (Å²) in [6.45, 7) is 0. The molecule has 0 amide bonds. The lowest BCUT2D eigenvalue weighted by atomic mass is 10.2. The number of hydrogen-bond donors (Lipinski definition) is 0. The second-order valence-corrected chi connectivity index (χ2v) is 5.64. The van der Waals surface area contributed by atoms with Crippen molar-refractivity contribution in [3.8, 4) is 5.82 Å². The van der Waals surface area contributed by atoms with Gasteiger partial charge in [-0.1, -0.05) is 29.8 Å². The van der Waals surface area contributed by atoms with Crippen LogP contribution in [0.2, 0.25) is 15.7 Å². The molecule has 0 radical (unpaired) electrons. The van der Waals surface area contributed by atoms with Crippen LogP contribution in [0.25, 0.3) is 16.7 Å². The second-order valence-electron chi connectivity index (χ2n) is 4.58. The van der Waals surface area contributed by atoms with Crippen LogP contribution in [0.5, 0.6) is 0 Å². The molecule has 0 bridgehead atoms. The summed E-state index contributed by atoms with van der Waals surface area (Å²) in [5.74, 6) is 0.779. The Bertz CT molecular complexity index is 953. The molecule has 0 spiro atoms. The van der Waals surface area contributed by atoms with Crippen LogP contribution in [-0.2, 0) is 0 Å². The van der Waals surface area contributed by atoms with E-state index in [1.807, 2.05) is 41.1 Å². The molecule has 5 nitrogen and oxygen atoms in total. The van der Waals surface area contributed by atoms with E-state index < -0.39 is 0 Å². The number of aromatic nitrogens is 5. The summed E-state index contributed by atoms with van der Waals surface area (Å²) in [6, 6.07) is 13.6. The third kappa shape index (κ3) is 4.00. The van der Waals surface area contributed by atoms with E-state index in [4.69, 9.17) is 34.8 Å². The predicted molar refractivity (Wildman–Crippen MR) is 95.9 cm³/mol. The zero-order chi connectivity index (χ0) is 16.9. The van der Waals surface area contributed by atoms with Gasteiger partial charge >= 0.3 is 0 Å². The fourth-order valence-corrected chi connectivity index (χ4v) is 2.53. The summed E-state index contributed by atoms with van der Waals surface area (Å²) >= 11 is 16.5. The molecule has 0 aliphatic heterocycles. The van der Waals surface area contributed by atoms with Gasteiger partial charge < -0.3 is 4.57 Å². The van der Waals surface area contributed by atoms with Crippen LogP contribution in [0.15, 0.2) is 61.1 Å². The van der Waals surface area contributed by atoms with Crippen molar-refractivity contribution in [3.63, 3.8) is 0 Å². The number of hydrogen-bond acceptors (Lipinski definition) is 4. The number of fused-ring (bicyclic) bond motifs is 1. The standard InChI is InChI=1S/C12H8ClN3.C4H2Cl2N2/c13-12-14-7-5-11(15-12)16-8-6-9-3-1-2-4-10(9)16;5-3-1-2-7-4(6)8-3/h1-8H;1-2H. The third-order valence-electron chi connectivity index (χ3n) is 3.05. The molecular formula is C16H10Cl3N5. The Morgan fingerprint density at radius 2 is 1.46 bits per heavy atom. The van der Waals surface area contributed by atoms with E-state index >= 15 is 0 Å². The molecule has 24 heavy (non-hydrogen) atoms. The maximum atomic E-state index is 5.78. The maximum absolute atomic E-state index is 5.78. The van der Waals surface area contributed by atoms with Gasteiger partial charge in [-0.05, 0) is 52.9 Å². The second kappa shape index (κ2) is 7.57. The lowest BCUT2D eigenvalue weighted by Gasteiger charge is -2.03. The monoisotopic (exact) mass is 377 g/mol. The smallest absolute Gasteiger partial charge is 0.224 e. The van der Waals surface area contributed by atoms with E-state index in [9.17, 15) is 0 Å². The summed E-state index contributed by atoms with van der Waals surface area (Å²) in [5.41, 5.74) is 1.11. The number of rotatable bonds is 1. The van der Waals surface area contributed by atoms with Gasteiger partial charge in [0, 0.05) is 18.6 Å². The van der Waals surface area contributed by atoms with Crippen LogP contribution in [0.4, 0.5) is 0 Å². The molecule has 8 heteroatoms. The molecule has 0 unspecified atom stereocenters. The van der Waals surface area contributed by atoms with E-state index in [2.05, 4.69) is 26.0 Å². The van der Waals surface area contributed by atoms with Gasteiger partial charge in [0.2, 0.25) is 10.6 Å². The molecule has 0 fully saturated rings. The number of halogens is 3. The van der Waals surface area contributed by atoms with E-state index in [0.717, 1.165) is 11.3 Å². The average Bonchev–Trinajstić information content (AvgIpc) is 2.99. The zero-order valence-electron chi connectivity index (χ0n) is 12.1. The van der Waals surface area contributed by atoms with Gasteiger partial charge in [-0.2, -0.15) is 4.98 Å². The van der Waals surface area contributed by atoms with Crippen molar-refractivity contribution in [2.75, 3.05) is 0 Å². The SMILES string of the molecule is Clc1ccnc(Cl)n1.Clc1nccc(-n2ccc3ccccc32)n1. The average molecular weight is 379 g/mol. The van der Waals surface area contributed by atoms with Gasteiger partial charge in [0.05, 0.1) is 5.52 Å². The van der Waals surface area contributed by atoms with E-state index in [1.54, 1.807) is 12.3 Å². The Hall–Kier alpha value is -2.21. The van der Waals surface area contributed by atoms with E-state index in [-0.39, 0.29) is 10.6 Å². The van der Waals surface area contributed by atoms with Crippen molar-refractivity contribution in [2.45, 2.75) is 0 Å². The topological polar surface area (TPSA) is 56.5 Å². The van der Waals surface area contributed by atoms with Crippen molar-refractivity contribution in [1.82, 2.24) is 24.5 Å². The normalized spacial score (nSPS) is 10.3. The molecule has 120 valence electrons. The Morgan fingerprint density at radius 3 is 2.12 bits per heavy atom. The van der Waals surface area contributed by atoms with Crippen molar-refractivity contribution in [1.29, 1.82) is 0 Å². The van der Waals surface area contributed by atoms with Gasteiger partial charge in [-0.3, -0.25) is 0 Å². The molecule has 4 rings (SSSR count). The quantitative estimate of drug-likeness (QED) is 0.351. The molecule has 3 aromatic heterocycles. The fourth-order valence-electron chi connectivity index (χ4n) is 2.06. The summed E-state index contributed by atoms with van der Waals surface area (Å²) in [4.78, 5) is 15.3. The van der Waals surface area contributed by atoms with Crippen LogP contribution in [0, 0.1) is 0 Å². The Morgan fingerprint density at radius 1 is 0.750 bits per heavy atom. The summed E-state index contributed by atoms with van der Waals surface area (Å²) in [6.07, 6.45) is 5.13. The van der Waals surface area contributed by atoms with Crippen molar-refractivity contribution < 1.29 is 0 Å². The molecular weight excluding hydrogens is 369 g/mol. The van der Waals surface area contributed by atoms with Crippen LogP contribution in [-0.4, -0.2) is 24.5 Å². The first-order chi connectivity index (χ1) is 11.6. The minimum Gasteiger partial charge on any atom is -0.301 e. The molecule has 0 atom stereocenters. The number of para-hydroxylation sites is 1. The van der Waals surface area contributed by atoms with Gasteiger partial charge in [0.1, 0.15) is 11.0 Å². The first-order valence-corrected chi connectivity index (χ1v) is 7.96. The highest BCUT2D eigenvalue weighted by molar-refractivity contribution is 6.31. The van der Waals surface area contributed by atoms with E-state index in [0.29, 0.717) is 5.15 Å². The molecule has 0 N–H and O–H groups in total. The molecule has 1 aromatic carbocycles. The summed E-state index contributed by atoms with van der Waals surface area (Å²) in [5, 5.41) is 1.98. The molecule has 3 heterocycles. The highest BCUT2D eigenvalue weighted by Crippen LogP contribution is 2.19. The first-order valence-electron chi connectivity index (χ1n) is 6.82. The van der Waals surface area contributed by atoms with Crippen molar-refractivity contribution >= 4 is 45.7 Å². The van der Waals surface area contributed by atoms with Crippen LogP contribution in [0.1, 0.15) is 0 Å². The highest BCUT2D eigenvalue weighted by atomic mass is 35.5. The van der Waals surface area contributed by atoms with E-state index in [1.165, 1.54) is 11.6 Å². The van der Waals surface area contributed by atoms with Crippen LogP contribution >= 0.6 is 34.8 Å². The summed E-state index contributed by atoms with van der Waals surface area (Å²) in [7, 11) is 0. The zero-order valence-corrected chi connectivity index (χ0v) is 14.4. The van der Waals surface area contributed by atoms with Gasteiger partial charge in [-0.25, -0.2) is 15.0 Å². The van der Waals surface area contributed by atoms with Gasteiger partial charge in [-0.15, -0.1) is 0 Å². The van der Waals surface area contributed by atoms with Crippen LogP contribution < -0.4 is 0 Å². The van der Waals surface area contributed by atoms with Crippen molar-refractivity contribution in [3.05, 3.63) is 76.8 Å². The largest absolute Gasteiger partial charge is 0.301 e. The molecule has 0 aliphatic carbocycles. The Balaban J connectivity index is 0.000000179. The summed E-state index contributed by atoms with van der Waals surface area (Å²) < 4.78 is 1.99. The van der Waals surface area contributed by atoms with Crippen LogP contribution in [0.3, 0.4) is 0 Å². The third-order valence-corrected chi connectivity index (χ3v) is 3.62. The number of nitrogens with zero attached hydrogens (tertiary/aromatic N) is 5. The Kier molecular flexibility index (Phi) is 5.25. The van der Waals surface area contributed by atoms with Gasteiger partial charge in [0.25, 0.3) is 0 Å². The fraction of sp³-hybridized carbons (Fsp3) is 0. The minimum atomic E-state index is 0.178. The first kappa shape index (κ1) is 16.6. The minimum absolute atomic E-state index is 0.178. The highest BCUT2D eigenvalue weighted by Gasteiger charge is 2.03. The lowest BCUT2D eigenvalue weighted by molar-refractivity contribution is 1.01. The Labute approximate surface area is 152 Å². The molecule has 0 saturated heterocycles. The van der Waals surface area contributed by atoms with Crippen molar-refractivity contribution in [2.24, 2.45) is 0 Å². The lowest BCUT2D eigenvalue weighted by Crippen LogP contribution is -1.96. The molecule has 4 aromatic rings. The molecule has 0 aliphatic rings.